The van der Waals surface area contributed by atoms with E-state index in [1.54, 1.807) is 24.3 Å². The highest BCUT2D eigenvalue weighted by Gasteiger charge is 2.28. The van der Waals surface area contributed by atoms with Crippen LogP contribution in [0, 0.1) is 0 Å². The number of hydrogen-bond acceptors (Lipinski definition) is 3. The highest BCUT2D eigenvalue weighted by molar-refractivity contribution is 5.95. The Bertz CT molecular complexity index is 530. The van der Waals surface area contributed by atoms with E-state index in [2.05, 4.69) is 12.2 Å². The van der Waals surface area contributed by atoms with Crippen molar-refractivity contribution < 1.29 is 14.7 Å². The van der Waals surface area contributed by atoms with E-state index < -0.39 is 5.97 Å². The lowest BCUT2D eigenvalue weighted by atomic mass is 10.1. The van der Waals surface area contributed by atoms with E-state index in [1.807, 2.05) is 4.90 Å². The third-order valence-corrected chi connectivity index (χ3v) is 4.08. The molecule has 5 nitrogen and oxygen atoms in total. The summed E-state index contributed by atoms with van der Waals surface area (Å²) in [6.07, 6.45) is 5.51. The van der Waals surface area contributed by atoms with Crippen LogP contribution in [-0.4, -0.2) is 41.0 Å². The van der Waals surface area contributed by atoms with Gasteiger partial charge >= 0.3 is 5.97 Å². The van der Waals surface area contributed by atoms with Gasteiger partial charge in [0.1, 0.15) is 6.54 Å². The summed E-state index contributed by atoms with van der Waals surface area (Å²) in [6.45, 7) is 2.83. The van der Waals surface area contributed by atoms with Crippen LogP contribution in [0.3, 0.4) is 0 Å². The Hall–Kier alpha value is -2.04. The third-order valence-electron chi connectivity index (χ3n) is 4.08. The first kappa shape index (κ1) is 16.3. The predicted octanol–water partition coefficient (Wildman–Crippen LogP) is 2.98. The average Bonchev–Trinajstić information content (AvgIpc) is 2.99. The molecule has 1 aromatic rings. The van der Waals surface area contributed by atoms with Crippen molar-refractivity contribution in [1.29, 1.82) is 0 Å². The highest BCUT2D eigenvalue weighted by Crippen LogP contribution is 2.24. The molecule has 0 spiro atoms. The van der Waals surface area contributed by atoms with Crippen LogP contribution in [0.25, 0.3) is 0 Å². The van der Waals surface area contributed by atoms with Gasteiger partial charge in [-0.1, -0.05) is 25.8 Å². The van der Waals surface area contributed by atoms with Gasteiger partial charge in [0.05, 0.1) is 0 Å². The molecule has 0 aromatic heterocycles. The van der Waals surface area contributed by atoms with Gasteiger partial charge in [-0.25, -0.2) is 0 Å². The van der Waals surface area contributed by atoms with Crippen molar-refractivity contribution in [1.82, 2.24) is 4.90 Å². The van der Waals surface area contributed by atoms with Crippen molar-refractivity contribution in [3.63, 3.8) is 0 Å². The normalized spacial score (nSPS) is 17.5. The second-order valence-electron chi connectivity index (χ2n) is 5.76. The first-order valence-corrected chi connectivity index (χ1v) is 7.98. The molecule has 1 aliphatic rings. The summed E-state index contributed by atoms with van der Waals surface area (Å²) >= 11 is 0. The first-order valence-electron chi connectivity index (χ1n) is 7.98. The van der Waals surface area contributed by atoms with Crippen LogP contribution in [-0.2, 0) is 4.79 Å². The molecule has 1 fully saturated rings. The summed E-state index contributed by atoms with van der Waals surface area (Å²) in [5.41, 5.74) is 1.29. The number of benzene rings is 1. The minimum Gasteiger partial charge on any atom is -0.480 e. The fraction of sp³-hybridized carbons (Fsp3) is 0.529. The van der Waals surface area contributed by atoms with Crippen molar-refractivity contribution in [3.05, 3.63) is 29.8 Å². The molecule has 1 unspecified atom stereocenters. The Balaban J connectivity index is 2.05. The number of anilines is 1. The van der Waals surface area contributed by atoms with Gasteiger partial charge in [-0.15, -0.1) is 0 Å². The van der Waals surface area contributed by atoms with E-state index in [9.17, 15) is 9.59 Å². The number of carboxylic acids is 1. The maximum absolute atomic E-state index is 12.7. The highest BCUT2D eigenvalue weighted by atomic mass is 16.4. The van der Waals surface area contributed by atoms with E-state index in [0.29, 0.717) is 17.3 Å². The number of rotatable bonds is 7. The number of aliphatic carboxylic acids is 1. The molecule has 0 aliphatic carbocycles. The summed E-state index contributed by atoms with van der Waals surface area (Å²) in [4.78, 5) is 25.3. The van der Waals surface area contributed by atoms with Crippen LogP contribution in [0.1, 0.15) is 49.4 Å². The van der Waals surface area contributed by atoms with Gasteiger partial charge in [0.25, 0.3) is 5.91 Å². The Morgan fingerprint density at radius 3 is 2.95 bits per heavy atom. The zero-order valence-corrected chi connectivity index (χ0v) is 13.0. The Labute approximate surface area is 131 Å². The molecule has 0 bridgehead atoms. The molecule has 1 heterocycles. The van der Waals surface area contributed by atoms with Crippen molar-refractivity contribution >= 4 is 17.6 Å². The van der Waals surface area contributed by atoms with Crippen LogP contribution >= 0.6 is 0 Å². The molecular formula is C17H24N2O3. The minimum atomic E-state index is -0.920. The van der Waals surface area contributed by atoms with E-state index in [4.69, 9.17) is 5.11 Å². The van der Waals surface area contributed by atoms with Gasteiger partial charge in [-0.2, -0.15) is 0 Å². The second-order valence-corrected chi connectivity index (χ2v) is 5.76. The van der Waals surface area contributed by atoms with Gasteiger partial charge in [0.15, 0.2) is 0 Å². The molecule has 1 saturated heterocycles. The van der Waals surface area contributed by atoms with Crippen LogP contribution in [0.15, 0.2) is 24.3 Å². The van der Waals surface area contributed by atoms with Crippen LogP contribution < -0.4 is 5.32 Å². The van der Waals surface area contributed by atoms with E-state index >= 15 is 0 Å². The van der Waals surface area contributed by atoms with E-state index in [-0.39, 0.29) is 12.5 Å². The summed E-state index contributed by atoms with van der Waals surface area (Å²) in [6, 6.07) is 7.44. The van der Waals surface area contributed by atoms with Crippen LogP contribution in [0.2, 0.25) is 0 Å². The van der Waals surface area contributed by atoms with Gasteiger partial charge in [0.2, 0.25) is 0 Å². The maximum atomic E-state index is 12.7. The number of nitrogens with zero attached hydrogens (tertiary/aromatic N) is 1. The molecule has 1 aliphatic heterocycles. The number of hydrogen-bond donors (Lipinski definition) is 2. The zero-order valence-electron chi connectivity index (χ0n) is 13.0. The lowest BCUT2D eigenvalue weighted by Gasteiger charge is -2.25. The molecule has 1 aromatic carbocycles. The molecule has 22 heavy (non-hydrogen) atoms. The molecule has 0 saturated carbocycles. The number of nitrogens with one attached hydrogen (secondary N) is 1. The van der Waals surface area contributed by atoms with Gasteiger partial charge in [-0.05, 0) is 37.5 Å². The van der Waals surface area contributed by atoms with Crippen molar-refractivity contribution in [2.75, 3.05) is 18.4 Å². The molecule has 5 heteroatoms. The molecule has 1 atom stereocenters. The summed E-state index contributed by atoms with van der Waals surface area (Å²) in [5.74, 6) is -0.867. The number of unbranched alkanes of at least 4 members (excludes halogenated alkanes) is 1. The molecule has 120 valence electrons. The summed E-state index contributed by atoms with van der Waals surface area (Å²) in [7, 11) is 0. The van der Waals surface area contributed by atoms with E-state index in [0.717, 1.165) is 38.6 Å². The molecule has 2 N–H and O–H groups in total. The quantitative estimate of drug-likeness (QED) is 0.812. The molecule has 2 rings (SSSR count). The van der Waals surface area contributed by atoms with Crippen LogP contribution in [0.5, 0.6) is 0 Å². The lowest BCUT2D eigenvalue weighted by Crippen LogP contribution is -2.35. The zero-order chi connectivity index (χ0) is 15.9. The van der Waals surface area contributed by atoms with Crippen molar-refractivity contribution in [3.8, 4) is 0 Å². The topological polar surface area (TPSA) is 69.6 Å². The fourth-order valence-electron chi connectivity index (χ4n) is 2.95. The number of carboxylic acid groups (broad SMARTS) is 1. The van der Waals surface area contributed by atoms with Gasteiger partial charge in [0, 0.05) is 23.8 Å². The summed E-state index contributed by atoms with van der Waals surface area (Å²) < 4.78 is 0. The molecule has 1 amide bonds. The standard InChI is InChI=1S/C17H24N2O3/c1-2-3-8-15-9-5-10-19(15)17(22)13-6-4-7-14(11-13)18-12-16(20)21/h4,6-7,11,15,18H,2-3,5,8-10,12H2,1H3,(H,20,21). The number of amides is 1. The molecular weight excluding hydrogens is 280 g/mol. The van der Waals surface area contributed by atoms with Crippen molar-refractivity contribution in [2.45, 2.75) is 45.1 Å². The largest absolute Gasteiger partial charge is 0.480 e. The van der Waals surface area contributed by atoms with E-state index in [1.165, 1.54) is 0 Å². The van der Waals surface area contributed by atoms with Crippen LogP contribution in [0.4, 0.5) is 5.69 Å². The number of carbonyl (C=O) groups excluding carboxylic acids is 1. The number of likely N-dealkylation sites (tertiary alicyclic amines) is 1. The number of carbonyl (C=O) groups is 2. The smallest absolute Gasteiger partial charge is 0.322 e. The Kier molecular flexibility index (Phi) is 5.81. The third kappa shape index (κ3) is 4.23. The first-order chi connectivity index (χ1) is 10.6. The monoisotopic (exact) mass is 304 g/mol. The van der Waals surface area contributed by atoms with Gasteiger partial charge in [-0.3, -0.25) is 9.59 Å². The minimum absolute atomic E-state index is 0.0533. The Morgan fingerprint density at radius 2 is 2.23 bits per heavy atom. The lowest BCUT2D eigenvalue weighted by molar-refractivity contribution is -0.134. The Morgan fingerprint density at radius 1 is 1.41 bits per heavy atom. The summed E-state index contributed by atoms with van der Waals surface area (Å²) in [5, 5.41) is 11.5. The van der Waals surface area contributed by atoms with Gasteiger partial charge < -0.3 is 15.3 Å². The maximum Gasteiger partial charge on any atom is 0.322 e. The molecule has 0 radical (unpaired) electrons. The second kappa shape index (κ2) is 7.82. The average molecular weight is 304 g/mol. The fourth-order valence-corrected chi connectivity index (χ4v) is 2.95. The van der Waals surface area contributed by atoms with Crippen molar-refractivity contribution in [2.24, 2.45) is 0 Å². The predicted molar refractivity (Wildman–Crippen MR) is 86.2 cm³/mol. The SMILES string of the molecule is CCCCC1CCCN1C(=O)c1cccc(NCC(=O)O)c1.